The quantitative estimate of drug-likeness (QED) is 0.907. The van der Waals surface area contributed by atoms with Crippen LogP contribution in [0.2, 0.25) is 0 Å². The second-order valence-corrected chi connectivity index (χ2v) is 6.20. The number of carbonyl (C=O) groups is 1. The summed E-state index contributed by atoms with van der Waals surface area (Å²) in [6, 6.07) is 3.86. The molecule has 0 atom stereocenters. The first-order valence-electron chi connectivity index (χ1n) is 7.54. The Morgan fingerprint density at radius 2 is 2.00 bits per heavy atom. The van der Waals surface area contributed by atoms with Gasteiger partial charge >= 0.3 is 0 Å². The van der Waals surface area contributed by atoms with Crippen LogP contribution in [0, 0.1) is 12.3 Å². The molecule has 1 heterocycles. The summed E-state index contributed by atoms with van der Waals surface area (Å²) in [5, 5.41) is 0. The highest BCUT2D eigenvalue weighted by atomic mass is 35.5. The molecule has 2 rings (SSSR count). The maximum absolute atomic E-state index is 12.4. The summed E-state index contributed by atoms with van der Waals surface area (Å²) in [5.41, 5.74) is 5.98. The van der Waals surface area contributed by atoms with Gasteiger partial charge in [0.1, 0.15) is 11.5 Å². The molecule has 4 nitrogen and oxygen atoms in total. The van der Waals surface area contributed by atoms with Crippen molar-refractivity contribution < 1.29 is 9.21 Å². The highest BCUT2D eigenvalue weighted by molar-refractivity contribution is 5.85. The van der Waals surface area contributed by atoms with E-state index in [0.29, 0.717) is 19.5 Å². The lowest BCUT2D eigenvalue weighted by Crippen LogP contribution is -2.39. The van der Waals surface area contributed by atoms with Gasteiger partial charge in [0.05, 0.1) is 6.54 Å². The molecule has 5 heteroatoms. The van der Waals surface area contributed by atoms with E-state index in [-0.39, 0.29) is 23.7 Å². The third-order valence-corrected chi connectivity index (χ3v) is 4.49. The zero-order valence-corrected chi connectivity index (χ0v) is 13.9. The molecule has 0 saturated heterocycles. The van der Waals surface area contributed by atoms with E-state index in [2.05, 4.69) is 0 Å². The SMILES string of the molecule is Cc1ccc(CN(C)C(=O)CC2(CN)CCCCC2)o1.Cl. The average molecular weight is 315 g/mol. The van der Waals surface area contributed by atoms with Gasteiger partial charge in [-0.2, -0.15) is 0 Å². The molecule has 21 heavy (non-hydrogen) atoms. The van der Waals surface area contributed by atoms with E-state index in [0.717, 1.165) is 24.4 Å². The summed E-state index contributed by atoms with van der Waals surface area (Å²) in [7, 11) is 1.84. The van der Waals surface area contributed by atoms with E-state index in [4.69, 9.17) is 10.2 Å². The maximum atomic E-state index is 12.4. The van der Waals surface area contributed by atoms with Crippen LogP contribution < -0.4 is 5.73 Å². The number of rotatable bonds is 5. The summed E-state index contributed by atoms with van der Waals surface area (Å²) >= 11 is 0. The van der Waals surface area contributed by atoms with Crippen molar-refractivity contribution in [3.05, 3.63) is 23.7 Å². The fourth-order valence-corrected chi connectivity index (χ4v) is 3.10. The zero-order valence-electron chi connectivity index (χ0n) is 13.1. The van der Waals surface area contributed by atoms with Crippen LogP contribution in [-0.4, -0.2) is 24.4 Å². The van der Waals surface area contributed by atoms with Crippen molar-refractivity contribution in [2.45, 2.75) is 52.0 Å². The Kier molecular flexibility index (Phi) is 6.75. The predicted octanol–water partition coefficient (Wildman–Crippen LogP) is 3.27. The molecule has 0 spiro atoms. The Balaban J connectivity index is 0.00000220. The number of halogens is 1. The fraction of sp³-hybridized carbons (Fsp3) is 0.688. The van der Waals surface area contributed by atoms with Crippen LogP contribution in [0.25, 0.3) is 0 Å². The third-order valence-electron chi connectivity index (χ3n) is 4.49. The molecular formula is C16H27ClN2O2. The topological polar surface area (TPSA) is 59.5 Å². The van der Waals surface area contributed by atoms with E-state index >= 15 is 0 Å². The van der Waals surface area contributed by atoms with Gasteiger partial charge in [-0.15, -0.1) is 12.4 Å². The molecule has 0 bridgehead atoms. The van der Waals surface area contributed by atoms with Crippen molar-refractivity contribution in [3.8, 4) is 0 Å². The molecular weight excluding hydrogens is 288 g/mol. The molecule has 1 amide bonds. The maximum Gasteiger partial charge on any atom is 0.223 e. The van der Waals surface area contributed by atoms with E-state index in [9.17, 15) is 4.79 Å². The number of amides is 1. The molecule has 1 saturated carbocycles. The number of nitrogens with zero attached hydrogens (tertiary/aromatic N) is 1. The second kappa shape index (κ2) is 7.85. The lowest BCUT2D eigenvalue weighted by molar-refractivity contribution is -0.133. The lowest BCUT2D eigenvalue weighted by atomic mass is 9.71. The number of hydrogen-bond acceptors (Lipinski definition) is 3. The van der Waals surface area contributed by atoms with Crippen LogP contribution in [0.1, 0.15) is 50.0 Å². The largest absolute Gasteiger partial charge is 0.464 e. The van der Waals surface area contributed by atoms with Gasteiger partial charge < -0.3 is 15.1 Å². The molecule has 1 fully saturated rings. The number of nitrogens with two attached hydrogens (primary N) is 1. The Hall–Kier alpha value is -1.00. The first-order chi connectivity index (χ1) is 9.54. The van der Waals surface area contributed by atoms with Crippen molar-refractivity contribution in [1.29, 1.82) is 0 Å². The van der Waals surface area contributed by atoms with E-state index < -0.39 is 0 Å². The molecule has 0 aromatic carbocycles. The summed E-state index contributed by atoms with van der Waals surface area (Å²) in [6.45, 7) is 3.07. The Bertz CT molecular complexity index is 453. The van der Waals surface area contributed by atoms with Crippen molar-refractivity contribution in [2.75, 3.05) is 13.6 Å². The minimum absolute atomic E-state index is 0. The fourth-order valence-electron chi connectivity index (χ4n) is 3.10. The normalized spacial score (nSPS) is 17.1. The molecule has 1 aliphatic rings. The molecule has 1 aliphatic carbocycles. The Morgan fingerprint density at radius 1 is 1.33 bits per heavy atom. The first kappa shape index (κ1) is 18.1. The smallest absolute Gasteiger partial charge is 0.223 e. The van der Waals surface area contributed by atoms with Crippen LogP contribution >= 0.6 is 12.4 Å². The van der Waals surface area contributed by atoms with Gasteiger partial charge in [0, 0.05) is 13.5 Å². The predicted molar refractivity (Wildman–Crippen MR) is 86.4 cm³/mol. The monoisotopic (exact) mass is 314 g/mol. The van der Waals surface area contributed by atoms with Gasteiger partial charge in [0.25, 0.3) is 0 Å². The van der Waals surface area contributed by atoms with Gasteiger partial charge in [-0.05, 0) is 43.9 Å². The molecule has 2 N–H and O–H groups in total. The van der Waals surface area contributed by atoms with Crippen LogP contribution in [0.4, 0.5) is 0 Å². The summed E-state index contributed by atoms with van der Waals surface area (Å²) in [6.07, 6.45) is 6.42. The van der Waals surface area contributed by atoms with E-state index in [1.54, 1.807) is 4.90 Å². The molecule has 120 valence electrons. The summed E-state index contributed by atoms with van der Waals surface area (Å²) in [5.74, 6) is 1.89. The highest BCUT2D eigenvalue weighted by Gasteiger charge is 2.33. The third kappa shape index (κ3) is 4.75. The van der Waals surface area contributed by atoms with Crippen molar-refractivity contribution in [2.24, 2.45) is 11.1 Å². The average Bonchev–Trinajstić information content (AvgIpc) is 2.85. The Labute approximate surface area is 133 Å². The molecule has 1 aromatic heterocycles. The molecule has 0 unspecified atom stereocenters. The Morgan fingerprint density at radius 3 is 2.52 bits per heavy atom. The van der Waals surface area contributed by atoms with Crippen molar-refractivity contribution >= 4 is 18.3 Å². The van der Waals surface area contributed by atoms with Crippen LogP contribution in [-0.2, 0) is 11.3 Å². The molecule has 1 aromatic rings. The number of aryl methyl sites for hydroxylation is 1. The minimum Gasteiger partial charge on any atom is -0.464 e. The number of furan rings is 1. The second-order valence-electron chi connectivity index (χ2n) is 6.20. The van der Waals surface area contributed by atoms with Gasteiger partial charge in [0.2, 0.25) is 5.91 Å². The molecule has 0 aliphatic heterocycles. The molecule has 0 radical (unpaired) electrons. The number of carbonyl (C=O) groups excluding carboxylic acids is 1. The minimum atomic E-state index is 0. The summed E-state index contributed by atoms with van der Waals surface area (Å²) in [4.78, 5) is 14.2. The lowest BCUT2D eigenvalue weighted by Gasteiger charge is -2.36. The van der Waals surface area contributed by atoms with Crippen molar-refractivity contribution in [3.63, 3.8) is 0 Å². The van der Waals surface area contributed by atoms with Gasteiger partial charge in [0.15, 0.2) is 0 Å². The summed E-state index contributed by atoms with van der Waals surface area (Å²) < 4.78 is 5.53. The van der Waals surface area contributed by atoms with Gasteiger partial charge in [-0.25, -0.2) is 0 Å². The standard InChI is InChI=1S/C16H26N2O2.ClH/c1-13-6-7-14(20-13)11-18(2)15(19)10-16(12-17)8-4-3-5-9-16;/h6-7H,3-5,8-12,17H2,1-2H3;1H. The van der Waals surface area contributed by atoms with Crippen molar-refractivity contribution in [1.82, 2.24) is 4.90 Å². The van der Waals surface area contributed by atoms with E-state index in [1.807, 2.05) is 26.1 Å². The van der Waals surface area contributed by atoms with Crippen LogP contribution in [0.3, 0.4) is 0 Å². The first-order valence-corrected chi connectivity index (χ1v) is 7.54. The van der Waals surface area contributed by atoms with Crippen LogP contribution in [0.5, 0.6) is 0 Å². The van der Waals surface area contributed by atoms with Gasteiger partial charge in [-0.3, -0.25) is 4.79 Å². The van der Waals surface area contributed by atoms with Crippen LogP contribution in [0.15, 0.2) is 16.5 Å². The van der Waals surface area contributed by atoms with E-state index in [1.165, 1.54) is 19.3 Å². The van der Waals surface area contributed by atoms with Gasteiger partial charge in [-0.1, -0.05) is 19.3 Å². The highest BCUT2D eigenvalue weighted by Crippen LogP contribution is 2.38. The zero-order chi connectivity index (χ0) is 14.6. The number of hydrogen-bond donors (Lipinski definition) is 1.